The highest BCUT2D eigenvalue weighted by atomic mass is 32.2. The summed E-state index contributed by atoms with van der Waals surface area (Å²) in [5.41, 5.74) is 2.76. The number of nitriles is 1. The van der Waals surface area contributed by atoms with Crippen LogP contribution in [0.25, 0.3) is 0 Å². The van der Waals surface area contributed by atoms with Crippen LogP contribution in [-0.2, 0) is 23.1 Å². The van der Waals surface area contributed by atoms with E-state index in [1.54, 1.807) is 24.3 Å². The van der Waals surface area contributed by atoms with Gasteiger partial charge < -0.3 is 5.32 Å². The molecule has 0 aliphatic carbocycles. The van der Waals surface area contributed by atoms with Crippen molar-refractivity contribution in [2.75, 3.05) is 13.1 Å². The second-order valence-electron chi connectivity index (χ2n) is 5.65. The average molecular weight is 357 g/mol. The van der Waals surface area contributed by atoms with Crippen LogP contribution >= 0.6 is 0 Å². The van der Waals surface area contributed by atoms with E-state index in [2.05, 4.69) is 11.4 Å². The van der Waals surface area contributed by atoms with Crippen molar-refractivity contribution in [3.05, 3.63) is 65.2 Å². The molecule has 2 aromatic rings. The van der Waals surface area contributed by atoms with Crippen LogP contribution in [0.5, 0.6) is 0 Å². The van der Waals surface area contributed by atoms with Gasteiger partial charge in [-0.3, -0.25) is 0 Å². The number of nitrogens with zero attached hydrogens (tertiary/aromatic N) is 2. The van der Waals surface area contributed by atoms with Crippen LogP contribution in [0, 0.1) is 11.3 Å². The van der Waals surface area contributed by atoms with Gasteiger partial charge in [0.25, 0.3) is 0 Å². The van der Waals surface area contributed by atoms with Crippen molar-refractivity contribution in [2.24, 2.45) is 0 Å². The Labute approximate surface area is 150 Å². The molecule has 0 atom stereocenters. The molecule has 0 saturated carbocycles. The highest BCUT2D eigenvalue weighted by Gasteiger charge is 2.20. The minimum atomic E-state index is -3.40. The molecule has 0 unspecified atom stereocenters. The van der Waals surface area contributed by atoms with Crippen LogP contribution in [0.2, 0.25) is 0 Å². The van der Waals surface area contributed by atoms with E-state index in [4.69, 9.17) is 5.26 Å². The molecule has 0 aliphatic heterocycles. The molecule has 0 aromatic heterocycles. The van der Waals surface area contributed by atoms with E-state index >= 15 is 0 Å². The van der Waals surface area contributed by atoms with E-state index in [0.717, 1.165) is 11.1 Å². The summed E-state index contributed by atoms with van der Waals surface area (Å²) >= 11 is 0. The molecule has 0 amide bonds. The summed E-state index contributed by atoms with van der Waals surface area (Å²) in [6.07, 6.45) is 0. The maximum Gasteiger partial charge on any atom is 0.243 e. The largest absolute Gasteiger partial charge is 0.309 e. The van der Waals surface area contributed by atoms with Crippen LogP contribution in [0.15, 0.2) is 53.4 Å². The van der Waals surface area contributed by atoms with Crippen molar-refractivity contribution < 1.29 is 8.42 Å². The Kier molecular flexibility index (Phi) is 6.71. The monoisotopic (exact) mass is 357 g/mol. The molecule has 6 heteroatoms. The first kappa shape index (κ1) is 19.1. The number of hydrogen-bond donors (Lipinski definition) is 1. The Morgan fingerprint density at radius 2 is 1.40 bits per heavy atom. The second kappa shape index (κ2) is 8.77. The predicted molar refractivity (Wildman–Crippen MR) is 98.2 cm³/mol. The molecule has 0 spiro atoms. The summed E-state index contributed by atoms with van der Waals surface area (Å²) in [6.45, 7) is 5.93. The number of sulfonamides is 1. The molecular formula is C19H23N3O2S. The molecule has 0 saturated heterocycles. The van der Waals surface area contributed by atoms with E-state index in [0.29, 0.717) is 36.6 Å². The second-order valence-corrected chi connectivity index (χ2v) is 7.58. The molecule has 2 rings (SSSR count). The lowest BCUT2D eigenvalue weighted by molar-refractivity contribution is 0.445. The summed E-state index contributed by atoms with van der Waals surface area (Å²) < 4.78 is 26.3. The first-order valence-electron chi connectivity index (χ1n) is 8.30. The third-order valence-corrected chi connectivity index (χ3v) is 6.07. The standard InChI is InChI=1S/C19H23N3O2S/c1-3-22(4-2)25(23,24)19-11-9-18(10-12-19)15-21-14-17-7-5-16(13-20)6-8-17/h5-12,21H,3-4,14-15H2,1-2H3. The van der Waals surface area contributed by atoms with Gasteiger partial charge in [0.2, 0.25) is 10.0 Å². The quantitative estimate of drug-likeness (QED) is 0.788. The van der Waals surface area contributed by atoms with E-state index in [-0.39, 0.29) is 0 Å². The average Bonchev–Trinajstić information content (AvgIpc) is 2.63. The number of benzene rings is 2. The molecule has 1 N–H and O–H groups in total. The molecular weight excluding hydrogens is 334 g/mol. The predicted octanol–water partition coefficient (Wildman–Crippen LogP) is 2.88. The van der Waals surface area contributed by atoms with Gasteiger partial charge in [-0.2, -0.15) is 9.57 Å². The van der Waals surface area contributed by atoms with Crippen LogP contribution in [0.1, 0.15) is 30.5 Å². The van der Waals surface area contributed by atoms with Gasteiger partial charge in [-0.05, 0) is 35.4 Å². The first-order valence-corrected chi connectivity index (χ1v) is 9.74. The van der Waals surface area contributed by atoms with Gasteiger partial charge in [0.05, 0.1) is 16.5 Å². The van der Waals surface area contributed by atoms with Crippen molar-refractivity contribution >= 4 is 10.0 Å². The third-order valence-electron chi connectivity index (χ3n) is 4.01. The normalized spacial score (nSPS) is 11.4. The fourth-order valence-electron chi connectivity index (χ4n) is 2.54. The number of hydrogen-bond acceptors (Lipinski definition) is 4. The first-order chi connectivity index (χ1) is 12.0. The van der Waals surface area contributed by atoms with Gasteiger partial charge in [0.15, 0.2) is 0 Å². The lowest BCUT2D eigenvalue weighted by atomic mass is 10.1. The summed E-state index contributed by atoms with van der Waals surface area (Å²) in [4.78, 5) is 0.326. The lowest BCUT2D eigenvalue weighted by Crippen LogP contribution is -2.30. The zero-order valence-electron chi connectivity index (χ0n) is 14.6. The fourth-order valence-corrected chi connectivity index (χ4v) is 4.00. The Bertz CT molecular complexity index is 818. The zero-order valence-corrected chi connectivity index (χ0v) is 15.4. The molecule has 0 fully saturated rings. The summed E-state index contributed by atoms with van der Waals surface area (Å²) in [5.74, 6) is 0. The van der Waals surface area contributed by atoms with Crippen LogP contribution < -0.4 is 5.32 Å². The third kappa shape index (κ3) is 4.89. The van der Waals surface area contributed by atoms with Crippen molar-refractivity contribution in [3.8, 4) is 6.07 Å². The Balaban J connectivity index is 1.95. The molecule has 25 heavy (non-hydrogen) atoms. The minimum absolute atomic E-state index is 0.326. The summed E-state index contributed by atoms with van der Waals surface area (Å²) in [5, 5.41) is 12.1. The number of rotatable bonds is 8. The van der Waals surface area contributed by atoms with E-state index in [9.17, 15) is 8.42 Å². The Morgan fingerprint density at radius 1 is 0.920 bits per heavy atom. The van der Waals surface area contributed by atoms with E-state index < -0.39 is 10.0 Å². The molecule has 0 heterocycles. The summed E-state index contributed by atoms with van der Waals surface area (Å²) in [6, 6.07) is 16.5. The van der Waals surface area contributed by atoms with Crippen molar-refractivity contribution in [3.63, 3.8) is 0 Å². The van der Waals surface area contributed by atoms with Crippen molar-refractivity contribution in [1.29, 1.82) is 5.26 Å². The highest BCUT2D eigenvalue weighted by Crippen LogP contribution is 2.16. The minimum Gasteiger partial charge on any atom is -0.309 e. The smallest absolute Gasteiger partial charge is 0.243 e. The lowest BCUT2D eigenvalue weighted by Gasteiger charge is -2.18. The molecule has 2 aromatic carbocycles. The van der Waals surface area contributed by atoms with Crippen molar-refractivity contribution in [1.82, 2.24) is 9.62 Å². The van der Waals surface area contributed by atoms with Gasteiger partial charge in [0.1, 0.15) is 0 Å². The zero-order chi connectivity index (χ0) is 18.3. The van der Waals surface area contributed by atoms with E-state index in [1.165, 1.54) is 4.31 Å². The summed E-state index contributed by atoms with van der Waals surface area (Å²) in [7, 11) is -3.40. The van der Waals surface area contributed by atoms with Crippen LogP contribution in [0.4, 0.5) is 0 Å². The van der Waals surface area contributed by atoms with Gasteiger partial charge >= 0.3 is 0 Å². The van der Waals surface area contributed by atoms with Gasteiger partial charge in [-0.1, -0.05) is 38.1 Å². The van der Waals surface area contributed by atoms with Gasteiger partial charge in [0, 0.05) is 26.2 Å². The van der Waals surface area contributed by atoms with Crippen LogP contribution in [-0.4, -0.2) is 25.8 Å². The Morgan fingerprint density at radius 3 is 1.84 bits per heavy atom. The maximum atomic E-state index is 12.4. The van der Waals surface area contributed by atoms with Crippen molar-refractivity contribution in [2.45, 2.75) is 31.8 Å². The number of nitrogens with one attached hydrogen (secondary N) is 1. The Hall–Kier alpha value is -2.20. The molecule has 0 aliphatic rings. The molecule has 5 nitrogen and oxygen atoms in total. The fraction of sp³-hybridized carbons (Fsp3) is 0.316. The molecule has 132 valence electrons. The molecule has 0 bridgehead atoms. The SMILES string of the molecule is CCN(CC)S(=O)(=O)c1ccc(CNCc2ccc(C#N)cc2)cc1. The maximum absolute atomic E-state index is 12.4. The van der Waals surface area contributed by atoms with E-state index in [1.807, 2.05) is 38.1 Å². The topological polar surface area (TPSA) is 73.2 Å². The highest BCUT2D eigenvalue weighted by molar-refractivity contribution is 7.89. The molecule has 0 radical (unpaired) electrons. The van der Waals surface area contributed by atoms with Gasteiger partial charge in [-0.15, -0.1) is 0 Å². The van der Waals surface area contributed by atoms with Crippen LogP contribution in [0.3, 0.4) is 0 Å². The van der Waals surface area contributed by atoms with Gasteiger partial charge in [-0.25, -0.2) is 8.42 Å².